The van der Waals surface area contributed by atoms with Gasteiger partial charge >= 0.3 is 0 Å². The second-order valence-electron chi connectivity index (χ2n) is 4.29. The zero-order valence-corrected chi connectivity index (χ0v) is 9.18. The predicted octanol–water partition coefficient (Wildman–Crippen LogP) is 2.18. The lowest BCUT2D eigenvalue weighted by Gasteiger charge is -2.13. The van der Waals surface area contributed by atoms with Gasteiger partial charge in [-0.2, -0.15) is 0 Å². The van der Waals surface area contributed by atoms with E-state index < -0.39 is 4.92 Å². The fraction of sp³-hybridized carbons (Fsp3) is 0.545. The molecule has 1 heterocycles. The van der Waals surface area contributed by atoms with Crippen LogP contribution in [0, 0.1) is 17.0 Å². The molecule has 1 aromatic rings. The summed E-state index contributed by atoms with van der Waals surface area (Å²) in [5.41, 5.74) is 0.350. The van der Waals surface area contributed by atoms with E-state index in [4.69, 9.17) is 0 Å². The number of nitrogens with zero attached hydrogens (tertiary/aromatic N) is 2. The molecule has 1 aliphatic carbocycles. The molecule has 16 heavy (non-hydrogen) atoms. The second-order valence-corrected chi connectivity index (χ2v) is 4.29. The molecule has 0 bridgehead atoms. The lowest BCUT2D eigenvalue weighted by molar-refractivity contribution is -0.385. The Morgan fingerprint density at radius 1 is 1.44 bits per heavy atom. The first-order valence-corrected chi connectivity index (χ1v) is 5.47. The van der Waals surface area contributed by atoms with E-state index in [0.717, 1.165) is 25.7 Å². The molecule has 0 radical (unpaired) electrons. The summed E-state index contributed by atoms with van der Waals surface area (Å²) in [6.07, 6.45) is 5.46. The van der Waals surface area contributed by atoms with Crippen LogP contribution in [0.2, 0.25) is 0 Å². The summed E-state index contributed by atoms with van der Waals surface area (Å²) in [6, 6.07) is 1.49. The van der Waals surface area contributed by atoms with Crippen molar-refractivity contribution in [1.82, 2.24) is 4.57 Å². The Morgan fingerprint density at radius 3 is 2.62 bits per heavy atom. The largest absolute Gasteiger partial charge is 0.305 e. The highest BCUT2D eigenvalue weighted by Crippen LogP contribution is 2.29. The van der Waals surface area contributed by atoms with Crippen molar-refractivity contribution >= 4 is 5.69 Å². The van der Waals surface area contributed by atoms with Gasteiger partial charge in [0.05, 0.1) is 11.1 Å². The second kappa shape index (κ2) is 4.08. The molecule has 1 aliphatic rings. The number of hydrogen-bond donors (Lipinski definition) is 0. The summed E-state index contributed by atoms with van der Waals surface area (Å²) < 4.78 is 1.54. The molecule has 0 atom stereocenters. The SMILES string of the molecule is Cc1cc([N+](=O)[O-])cn(C2CCCC2)c1=O. The van der Waals surface area contributed by atoms with E-state index >= 15 is 0 Å². The van der Waals surface area contributed by atoms with Crippen molar-refractivity contribution in [3.8, 4) is 0 Å². The Bertz CT molecular complexity index is 473. The van der Waals surface area contributed by atoms with Crippen LogP contribution in [0.3, 0.4) is 0 Å². The molecular formula is C11H14N2O3. The molecule has 0 amide bonds. The number of nitro groups is 1. The van der Waals surface area contributed by atoms with Gasteiger partial charge < -0.3 is 4.57 Å². The summed E-state index contributed by atoms with van der Waals surface area (Å²) in [6.45, 7) is 1.63. The van der Waals surface area contributed by atoms with Gasteiger partial charge in [-0.05, 0) is 19.8 Å². The number of pyridine rings is 1. The van der Waals surface area contributed by atoms with Crippen LogP contribution in [0.15, 0.2) is 17.1 Å². The molecule has 0 saturated heterocycles. The van der Waals surface area contributed by atoms with Gasteiger partial charge in [-0.25, -0.2) is 0 Å². The third-order valence-electron chi connectivity index (χ3n) is 3.14. The number of aromatic nitrogens is 1. The van der Waals surface area contributed by atoms with Crippen LogP contribution in [0.25, 0.3) is 0 Å². The quantitative estimate of drug-likeness (QED) is 0.569. The predicted molar refractivity (Wildman–Crippen MR) is 59.6 cm³/mol. The van der Waals surface area contributed by atoms with Gasteiger partial charge in [0.2, 0.25) is 0 Å². The van der Waals surface area contributed by atoms with Crippen molar-refractivity contribution in [3.63, 3.8) is 0 Å². The normalized spacial score (nSPS) is 16.6. The van der Waals surface area contributed by atoms with Crippen molar-refractivity contribution in [1.29, 1.82) is 0 Å². The number of rotatable bonds is 2. The monoisotopic (exact) mass is 222 g/mol. The minimum atomic E-state index is -0.447. The first-order valence-electron chi connectivity index (χ1n) is 5.47. The average Bonchev–Trinajstić information content (AvgIpc) is 2.74. The van der Waals surface area contributed by atoms with E-state index in [1.54, 1.807) is 11.5 Å². The summed E-state index contributed by atoms with van der Waals surface area (Å²) in [7, 11) is 0. The van der Waals surface area contributed by atoms with Gasteiger partial charge in [-0.3, -0.25) is 14.9 Å². The maximum Gasteiger partial charge on any atom is 0.286 e. The molecule has 0 spiro atoms. The highest BCUT2D eigenvalue weighted by molar-refractivity contribution is 5.30. The van der Waals surface area contributed by atoms with E-state index in [0.29, 0.717) is 5.56 Å². The molecule has 0 aliphatic heterocycles. The van der Waals surface area contributed by atoms with Gasteiger partial charge in [-0.15, -0.1) is 0 Å². The summed E-state index contributed by atoms with van der Waals surface area (Å²) in [5, 5.41) is 10.7. The topological polar surface area (TPSA) is 65.1 Å². The zero-order valence-electron chi connectivity index (χ0n) is 9.18. The highest BCUT2D eigenvalue weighted by atomic mass is 16.6. The highest BCUT2D eigenvalue weighted by Gasteiger charge is 2.21. The fourth-order valence-corrected chi connectivity index (χ4v) is 2.28. The van der Waals surface area contributed by atoms with Crippen LogP contribution in [0.1, 0.15) is 37.3 Å². The average molecular weight is 222 g/mol. The molecule has 86 valence electrons. The molecule has 5 nitrogen and oxygen atoms in total. The van der Waals surface area contributed by atoms with Crippen LogP contribution >= 0.6 is 0 Å². The minimum Gasteiger partial charge on any atom is -0.305 e. The lowest BCUT2D eigenvalue weighted by Crippen LogP contribution is -2.25. The van der Waals surface area contributed by atoms with Crippen LogP contribution < -0.4 is 5.56 Å². The molecule has 2 rings (SSSR count). The standard InChI is InChI=1S/C11H14N2O3/c1-8-6-10(13(15)16)7-12(11(8)14)9-4-2-3-5-9/h6-7,9H,2-5H2,1H3. The van der Waals surface area contributed by atoms with Crippen molar-refractivity contribution < 1.29 is 4.92 Å². The molecule has 0 unspecified atom stereocenters. The smallest absolute Gasteiger partial charge is 0.286 e. The molecule has 5 heteroatoms. The number of aryl methyl sites for hydroxylation is 1. The molecular weight excluding hydrogens is 208 g/mol. The van der Waals surface area contributed by atoms with Gasteiger partial charge in [0.25, 0.3) is 11.2 Å². The first-order chi connectivity index (χ1) is 7.59. The van der Waals surface area contributed by atoms with Crippen LogP contribution in [-0.4, -0.2) is 9.49 Å². The third-order valence-corrected chi connectivity index (χ3v) is 3.14. The summed E-state index contributed by atoms with van der Waals surface area (Å²) >= 11 is 0. The maximum absolute atomic E-state index is 11.9. The van der Waals surface area contributed by atoms with Gasteiger partial charge in [0.1, 0.15) is 0 Å². The van der Waals surface area contributed by atoms with Gasteiger partial charge in [-0.1, -0.05) is 12.8 Å². The zero-order chi connectivity index (χ0) is 11.7. The van der Waals surface area contributed by atoms with Crippen molar-refractivity contribution in [3.05, 3.63) is 38.3 Å². The van der Waals surface area contributed by atoms with Crippen molar-refractivity contribution in [2.45, 2.75) is 38.6 Å². The Kier molecular flexibility index (Phi) is 2.77. The van der Waals surface area contributed by atoms with E-state index in [-0.39, 0.29) is 17.3 Å². The van der Waals surface area contributed by atoms with E-state index in [9.17, 15) is 14.9 Å². The van der Waals surface area contributed by atoms with Gasteiger partial charge in [0, 0.05) is 17.7 Å². The van der Waals surface area contributed by atoms with Crippen molar-refractivity contribution in [2.24, 2.45) is 0 Å². The molecule has 0 N–H and O–H groups in total. The first kappa shape index (κ1) is 10.9. The Hall–Kier alpha value is -1.65. The van der Waals surface area contributed by atoms with Gasteiger partial charge in [0.15, 0.2) is 0 Å². The fourth-order valence-electron chi connectivity index (χ4n) is 2.28. The molecule has 1 saturated carbocycles. The Labute approximate surface area is 92.9 Å². The van der Waals surface area contributed by atoms with Crippen LogP contribution in [0.4, 0.5) is 5.69 Å². The molecule has 0 aromatic carbocycles. The number of hydrogen-bond acceptors (Lipinski definition) is 3. The van der Waals surface area contributed by atoms with E-state index in [1.165, 1.54) is 12.3 Å². The summed E-state index contributed by atoms with van der Waals surface area (Å²) in [5.74, 6) is 0. The maximum atomic E-state index is 11.9. The minimum absolute atomic E-state index is 0.00370. The van der Waals surface area contributed by atoms with Crippen molar-refractivity contribution in [2.75, 3.05) is 0 Å². The lowest BCUT2D eigenvalue weighted by atomic mass is 10.2. The third kappa shape index (κ3) is 1.85. The summed E-state index contributed by atoms with van der Waals surface area (Å²) in [4.78, 5) is 22.1. The van der Waals surface area contributed by atoms with E-state index in [2.05, 4.69) is 0 Å². The van der Waals surface area contributed by atoms with Crippen LogP contribution in [-0.2, 0) is 0 Å². The van der Waals surface area contributed by atoms with E-state index in [1.807, 2.05) is 0 Å². The van der Waals surface area contributed by atoms with Crippen LogP contribution in [0.5, 0.6) is 0 Å². The Balaban J connectivity index is 2.50. The Morgan fingerprint density at radius 2 is 2.06 bits per heavy atom. The molecule has 1 aromatic heterocycles. The molecule has 1 fully saturated rings.